The van der Waals surface area contributed by atoms with Gasteiger partial charge in [0.1, 0.15) is 0 Å². The molecule has 0 aliphatic heterocycles. The van der Waals surface area contributed by atoms with Gasteiger partial charge >= 0.3 is 6.03 Å². The molecule has 0 radical (unpaired) electrons. The molecular weight excluding hydrogens is 348 g/mol. The van der Waals surface area contributed by atoms with Crippen LogP contribution < -0.4 is 16.0 Å². The summed E-state index contributed by atoms with van der Waals surface area (Å²) in [6.45, 7) is 6.68. The molecule has 6 heteroatoms. The van der Waals surface area contributed by atoms with Crippen LogP contribution in [0.3, 0.4) is 0 Å². The predicted molar refractivity (Wildman–Crippen MR) is 114 cm³/mol. The molecule has 0 fully saturated rings. The Labute approximate surface area is 164 Å². The summed E-state index contributed by atoms with van der Waals surface area (Å²) in [4.78, 5) is 13.8. The molecule has 0 heterocycles. The van der Waals surface area contributed by atoms with Crippen LogP contribution in [-0.4, -0.2) is 18.5 Å². The van der Waals surface area contributed by atoms with E-state index in [2.05, 4.69) is 12.2 Å². The summed E-state index contributed by atoms with van der Waals surface area (Å²) in [5, 5.41) is 10.7. The molecule has 1 aromatic carbocycles. The molecule has 0 aromatic heterocycles. The number of carbonyl (C=O) groups is 1. The molecule has 0 atom stereocenters. The van der Waals surface area contributed by atoms with E-state index in [9.17, 15) is 4.79 Å². The Morgan fingerprint density at radius 2 is 1.54 bits per heavy atom. The zero-order chi connectivity index (χ0) is 18.7. The molecule has 5 nitrogen and oxygen atoms in total. The van der Waals surface area contributed by atoms with Crippen molar-refractivity contribution >= 4 is 30.1 Å². The van der Waals surface area contributed by atoms with Crippen LogP contribution in [0.15, 0.2) is 18.2 Å². The van der Waals surface area contributed by atoms with Gasteiger partial charge in [0.05, 0.1) is 5.69 Å². The minimum atomic E-state index is -0.326. The van der Waals surface area contributed by atoms with Crippen molar-refractivity contribution in [3.8, 4) is 0 Å². The number of benzene rings is 1. The second kappa shape index (κ2) is 13.5. The van der Waals surface area contributed by atoms with Crippen molar-refractivity contribution in [2.45, 2.75) is 72.1 Å². The van der Waals surface area contributed by atoms with Crippen LogP contribution in [0.2, 0.25) is 0 Å². The zero-order valence-corrected chi connectivity index (χ0v) is 17.3. The number of rotatable bonds is 10. The number of nitrogens with zero attached hydrogens (tertiary/aromatic N) is 1. The Hall–Kier alpha value is -1.75. The third kappa shape index (κ3) is 8.09. The fraction of sp³-hybridized carbons (Fsp3) is 0.600. The molecule has 0 unspecified atom stereocenters. The highest BCUT2D eigenvalue weighted by Gasteiger charge is 2.21. The normalized spacial score (nSPS) is 10.1. The Morgan fingerprint density at radius 1 is 1.04 bits per heavy atom. The van der Waals surface area contributed by atoms with Crippen molar-refractivity contribution in [2.75, 3.05) is 11.4 Å². The molecular formula is C20H35ClN4O. The van der Waals surface area contributed by atoms with E-state index in [1.54, 1.807) is 0 Å². The molecule has 0 saturated carbocycles. The van der Waals surface area contributed by atoms with Crippen molar-refractivity contribution in [2.24, 2.45) is 5.73 Å². The summed E-state index contributed by atoms with van der Waals surface area (Å²) in [6.07, 6.45) is 9.81. The number of guanidine groups is 1. The van der Waals surface area contributed by atoms with E-state index in [0.717, 1.165) is 24.0 Å². The number of anilines is 1. The molecule has 0 aliphatic carbocycles. The van der Waals surface area contributed by atoms with Gasteiger partial charge < -0.3 is 11.1 Å². The summed E-state index contributed by atoms with van der Waals surface area (Å²) in [5.74, 6) is -0.258. The fourth-order valence-electron chi connectivity index (χ4n) is 3.02. The van der Waals surface area contributed by atoms with Gasteiger partial charge in [-0.2, -0.15) is 0 Å². The average molecular weight is 383 g/mol. The Balaban J connectivity index is 0.00000625. The number of aryl methyl sites for hydroxylation is 2. The lowest BCUT2D eigenvalue weighted by Gasteiger charge is -2.24. The van der Waals surface area contributed by atoms with E-state index in [1.165, 1.54) is 43.4 Å². The number of hydrogen-bond donors (Lipinski definition) is 3. The molecule has 26 heavy (non-hydrogen) atoms. The summed E-state index contributed by atoms with van der Waals surface area (Å²) < 4.78 is 0. The second-order valence-electron chi connectivity index (χ2n) is 6.67. The molecule has 0 aliphatic rings. The van der Waals surface area contributed by atoms with Crippen LogP contribution in [0.5, 0.6) is 0 Å². The van der Waals surface area contributed by atoms with E-state index in [1.807, 2.05) is 32.0 Å². The van der Waals surface area contributed by atoms with Crippen LogP contribution in [-0.2, 0) is 0 Å². The molecule has 4 N–H and O–H groups in total. The van der Waals surface area contributed by atoms with Gasteiger partial charge in [-0.25, -0.2) is 9.69 Å². The van der Waals surface area contributed by atoms with Crippen molar-refractivity contribution in [1.82, 2.24) is 5.32 Å². The molecule has 0 spiro atoms. The highest BCUT2D eigenvalue weighted by molar-refractivity contribution is 6.14. The van der Waals surface area contributed by atoms with Gasteiger partial charge in [0.15, 0.2) is 0 Å². The Morgan fingerprint density at radius 3 is 2.04 bits per heavy atom. The van der Waals surface area contributed by atoms with Gasteiger partial charge in [-0.05, 0) is 31.4 Å². The van der Waals surface area contributed by atoms with E-state index in [4.69, 9.17) is 11.1 Å². The van der Waals surface area contributed by atoms with Crippen molar-refractivity contribution in [3.63, 3.8) is 0 Å². The van der Waals surface area contributed by atoms with Crippen molar-refractivity contribution in [1.29, 1.82) is 5.41 Å². The monoisotopic (exact) mass is 382 g/mol. The number of hydrogen-bond acceptors (Lipinski definition) is 2. The van der Waals surface area contributed by atoms with Gasteiger partial charge in [0.2, 0.25) is 5.96 Å². The number of para-hydroxylation sites is 1. The number of amides is 2. The van der Waals surface area contributed by atoms with Crippen molar-refractivity contribution in [3.05, 3.63) is 29.3 Å². The first-order valence-corrected chi connectivity index (χ1v) is 9.47. The topological polar surface area (TPSA) is 82.2 Å². The zero-order valence-electron chi connectivity index (χ0n) is 16.4. The van der Waals surface area contributed by atoms with Gasteiger partial charge in [0, 0.05) is 6.54 Å². The molecule has 148 valence electrons. The number of nitrogens with two attached hydrogens (primary N) is 1. The summed E-state index contributed by atoms with van der Waals surface area (Å²) >= 11 is 0. The molecule has 1 aromatic rings. The summed E-state index contributed by atoms with van der Waals surface area (Å²) in [7, 11) is 0. The maximum absolute atomic E-state index is 12.5. The number of carbonyl (C=O) groups excluding carboxylic acids is 1. The third-order valence-corrected chi connectivity index (χ3v) is 4.41. The third-order valence-electron chi connectivity index (χ3n) is 4.41. The van der Waals surface area contributed by atoms with Crippen LogP contribution >= 0.6 is 12.4 Å². The Bertz CT molecular complexity index is 542. The maximum Gasteiger partial charge on any atom is 0.328 e. The van der Waals surface area contributed by atoms with Gasteiger partial charge in [0.25, 0.3) is 0 Å². The lowest BCUT2D eigenvalue weighted by molar-refractivity contribution is 0.248. The maximum atomic E-state index is 12.5. The number of halogens is 1. The van der Waals surface area contributed by atoms with E-state index >= 15 is 0 Å². The van der Waals surface area contributed by atoms with Crippen LogP contribution in [0.4, 0.5) is 10.5 Å². The molecule has 0 saturated heterocycles. The van der Waals surface area contributed by atoms with E-state index in [-0.39, 0.29) is 24.4 Å². The minimum absolute atomic E-state index is 0. The Kier molecular flexibility index (Phi) is 12.5. The first-order chi connectivity index (χ1) is 12.0. The van der Waals surface area contributed by atoms with Crippen molar-refractivity contribution < 1.29 is 4.79 Å². The summed E-state index contributed by atoms with van der Waals surface area (Å²) in [5.41, 5.74) is 8.22. The van der Waals surface area contributed by atoms with Gasteiger partial charge in [-0.3, -0.25) is 5.41 Å². The highest BCUT2D eigenvalue weighted by Crippen LogP contribution is 2.24. The second-order valence-corrected chi connectivity index (χ2v) is 6.67. The molecule has 0 bridgehead atoms. The standard InChI is InChI=1S/C20H34N4O.ClH/c1-4-5-6-7-8-9-10-11-15-23-20(25)24(19(21)22)18-16(2)13-12-14-17(18)3;/h12-14H,4-11,15H2,1-3H3,(H3,21,22)(H,23,25);1H. The quantitative estimate of drug-likeness (QED) is 0.292. The number of unbranched alkanes of at least 4 members (excludes halogenated alkanes) is 7. The first kappa shape index (κ1) is 24.2. The average Bonchev–Trinajstić information content (AvgIpc) is 2.56. The minimum Gasteiger partial charge on any atom is -0.369 e. The van der Waals surface area contributed by atoms with Crippen LogP contribution in [0.25, 0.3) is 0 Å². The molecule has 2 amide bonds. The summed E-state index contributed by atoms with van der Waals surface area (Å²) in [6, 6.07) is 5.45. The van der Waals surface area contributed by atoms with Gasteiger partial charge in [-0.15, -0.1) is 12.4 Å². The lowest BCUT2D eigenvalue weighted by atomic mass is 10.1. The fourth-order valence-corrected chi connectivity index (χ4v) is 3.02. The number of urea groups is 1. The van der Waals surface area contributed by atoms with E-state index < -0.39 is 0 Å². The largest absolute Gasteiger partial charge is 0.369 e. The SMILES string of the molecule is CCCCCCCCCCNC(=O)N(C(=N)N)c1c(C)cccc1C.Cl. The van der Waals surface area contributed by atoms with Gasteiger partial charge in [-0.1, -0.05) is 70.1 Å². The molecule has 1 rings (SSSR count). The number of nitrogens with one attached hydrogen (secondary N) is 2. The van der Waals surface area contributed by atoms with Crippen LogP contribution in [0.1, 0.15) is 69.4 Å². The highest BCUT2D eigenvalue weighted by atomic mass is 35.5. The van der Waals surface area contributed by atoms with Crippen LogP contribution in [0, 0.1) is 19.3 Å². The lowest BCUT2D eigenvalue weighted by Crippen LogP contribution is -2.48. The smallest absolute Gasteiger partial charge is 0.328 e. The first-order valence-electron chi connectivity index (χ1n) is 9.47. The predicted octanol–water partition coefficient (Wildman–Crippen LogP) is 5.28. The van der Waals surface area contributed by atoms with E-state index in [0.29, 0.717) is 12.2 Å².